The van der Waals surface area contributed by atoms with Crippen molar-refractivity contribution in [2.45, 2.75) is 0 Å². The number of hydrogen-bond acceptors (Lipinski definition) is 2. The quantitative estimate of drug-likeness (QED) is 0.158. The van der Waals surface area contributed by atoms with Crippen LogP contribution in [0.15, 0.2) is 204 Å². The van der Waals surface area contributed by atoms with Crippen molar-refractivity contribution in [2.75, 3.05) is 0 Å². The highest BCUT2D eigenvalue weighted by Crippen LogP contribution is 2.45. The summed E-state index contributed by atoms with van der Waals surface area (Å²) < 4.78 is 12.6. The lowest BCUT2D eigenvalue weighted by atomic mass is 9.85. The molecule has 0 atom stereocenters. The molecule has 0 radical (unpaired) electrons. The van der Waals surface area contributed by atoms with E-state index in [4.69, 9.17) is 8.83 Å². The van der Waals surface area contributed by atoms with E-state index in [0.717, 1.165) is 88.4 Å². The van der Waals surface area contributed by atoms with Gasteiger partial charge in [0.25, 0.3) is 0 Å². The van der Waals surface area contributed by atoms with Gasteiger partial charge in [-0.1, -0.05) is 147 Å². The Hall–Kier alpha value is -7.94. The SMILES string of the molecule is C=Cc1ccc(-c2ccc3c(-c4ccc5oc6ccccc6c5c4)cc4c5cc(-c6ccc(C=C)cc6)ccc5c(-c5ccc6oc7ccccc7c6c5)cc4c3c2)cc1. The number of benzene rings is 10. The summed E-state index contributed by atoms with van der Waals surface area (Å²) in [5, 5.41) is 11.7. The Kier molecular flexibility index (Phi) is 7.57. The molecule has 0 aliphatic heterocycles. The minimum absolute atomic E-state index is 0.889. The van der Waals surface area contributed by atoms with Crippen molar-refractivity contribution in [1.82, 2.24) is 0 Å². The lowest BCUT2D eigenvalue weighted by Crippen LogP contribution is -1.91. The molecule has 2 heteroatoms. The highest BCUT2D eigenvalue weighted by atomic mass is 16.3. The van der Waals surface area contributed by atoms with Crippen molar-refractivity contribution in [2.24, 2.45) is 0 Å². The maximum Gasteiger partial charge on any atom is 0.135 e. The fraction of sp³-hybridized carbons (Fsp3) is 0. The first-order chi connectivity index (χ1) is 29.6. The zero-order valence-electron chi connectivity index (χ0n) is 32.7. The summed E-state index contributed by atoms with van der Waals surface area (Å²) in [5.74, 6) is 0. The summed E-state index contributed by atoms with van der Waals surface area (Å²) in [7, 11) is 0. The molecule has 0 saturated carbocycles. The van der Waals surface area contributed by atoms with Crippen LogP contribution in [0.4, 0.5) is 0 Å². The second kappa shape index (κ2) is 13.3. The van der Waals surface area contributed by atoms with Crippen molar-refractivity contribution in [3.63, 3.8) is 0 Å². The molecule has 2 nitrogen and oxygen atoms in total. The Bertz CT molecular complexity index is 3480. The zero-order valence-corrected chi connectivity index (χ0v) is 32.7. The molecule has 0 aliphatic carbocycles. The zero-order chi connectivity index (χ0) is 39.9. The van der Waals surface area contributed by atoms with E-state index in [1.54, 1.807) is 0 Å². The van der Waals surface area contributed by atoms with Crippen molar-refractivity contribution in [3.8, 4) is 44.5 Å². The van der Waals surface area contributed by atoms with Crippen LogP contribution < -0.4 is 0 Å². The molecule has 60 heavy (non-hydrogen) atoms. The summed E-state index contributed by atoms with van der Waals surface area (Å²) in [4.78, 5) is 0. The lowest BCUT2D eigenvalue weighted by molar-refractivity contribution is 0.668. The van der Waals surface area contributed by atoms with Crippen LogP contribution in [-0.2, 0) is 0 Å². The molecule has 0 bridgehead atoms. The molecule has 0 unspecified atom stereocenters. The van der Waals surface area contributed by atoms with Crippen molar-refractivity contribution in [1.29, 1.82) is 0 Å². The van der Waals surface area contributed by atoms with Gasteiger partial charge in [0.15, 0.2) is 0 Å². The Morgan fingerprint density at radius 2 is 0.617 bits per heavy atom. The fourth-order valence-electron chi connectivity index (χ4n) is 9.30. The molecule has 12 rings (SSSR count). The van der Waals surface area contributed by atoms with Gasteiger partial charge in [-0.2, -0.15) is 0 Å². The van der Waals surface area contributed by atoms with Gasteiger partial charge in [-0.25, -0.2) is 0 Å². The molecule has 0 N–H and O–H groups in total. The maximum atomic E-state index is 6.29. The van der Waals surface area contributed by atoms with Gasteiger partial charge < -0.3 is 8.83 Å². The molecule has 10 aromatic carbocycles. The predicted octanol–water partition coefficient (Wildman–Crippen LogP) is 16.9. The maximum absolute atomic E-state index is 6.29. The second-order valence-corrected chi connectivity index (χ2v) is 15.7. The average molecular weight is 765 g/mol. The lowest BCUT2D eigenvalue weighted by Gasteiger charge is -2.18. The summed E-state index contributed by atoms with van der Waals surface area (Å²) in [6, 6.07) is 65.9. The van der Waals surface area contributed by atoms with E-state index >= 15 is 0 Å². The Balaban J connectivity index is 1.19. The molecular weight excluding hydrogens is 729 g/mol. The number of fused-ring (bicyclic) bond motifs is 11. The fourth-order valence-corrected chi connectivity index (χ4v) is 9.30. The second-order valence-electron chi connectivity index (χ2n) is 15.7. The molecule has 2 aromatic heterocycles. The molecule has 12 aromatic rings. The molecule has 2 heterocycles. The van der Waals surface area contributed by atoms with E-state index in [1.807, 2.05) is 36.4 Å². The topological polar surface area (TPSA) is 26.3 Å². The summed E-state index contributed by atoms with van der Waals surface area (Å²) in [6.45, 7) is 7.97. The molecular formula is C58H36O2. The van der Waals surface area contributed by atoms with Gasteiger partial charge in [-0.15, -0.1) is 0 Å². The monoisotopic (exact) mass is 764 g/mol. The van der Waals surface area contributed by atoms with E-state index in [9.17, 15) is 0 Å². The van der Waals surface area contributed by atoms with Gasteiger partial charge in [0.05, 0.1) is 0 Å². The number of para-hydroxylation sites is 2. The first-order valence-corrected chi connectivity index (χ1v) is 20.4. The van der Waals surface area contributed by atoms with Crippen LogP contribution in [0.2, 0.25) is 0 Å². The standard InChI is InChI=1S/C58H36O2/c1-3-35-13-17-37(18-14-35)39-21-25-43-47(41-23-27-57-53(31-41)45-9-5-7-11-55(45)59-57)34-52-50-30-40(38-19-15-36(4-2)16-20-38)22-26-44(50)48(33-51(52)49(43)29-39)42-24-28-58-54(32-42)46-10-6-8-12-56(46)60-58/h3-34H,1-2H2. The van der Waals surface area contributed by atoms with Gasteiger partial charge in [0.1, 0.15) is 22.3 Å². The van der Waals surface area contributed by atoms with Crippen LogP contribution in [0.5, 0.6) is 0 Å². The van der Waals surface area contributed by atoms with E-state index in [-0.39, 0.29) is 0 Å². The van der Waals surface area contributed by atoms with Crippen molar-refractivity contribution in [3.05, 3.63) is 206 Å². The largest absolute Gasteiger partial charge is 0.456 e. The van der Waals surface area contributed by atoms with Crippen LogP contribution in [0.3, 0.4) is 0 Å². The number of hydrogen-bond donors (Lipinski definition) is 0. The van der Waals surface area contributed by atoms with Crippen LogP contribution in [0, 0.1) is 0 Å². The van der Waals surface area contributed by atoms with Crippen LogP contribution in [-0.4, -0.2) is 0 Å². The Labute approximate surface area is 346 Å². The molecule has 0 aliphatic rings. The normalized spacial score (nSPS) is 11.8. The van der Waals surface area contributed by atoms with E-state index in [1.165, 1.54) is 43.4 Å². The summed E-state index contributed by atoms with van der Waals surface area (Å²) in [5.41, 5.74) is 15.1. The molecule has 0 saturated heterocycles. The highest BCUT2D eigenvalue weighted by molar-refractivity contribution is 6.25. The van der Waals surface area contributed by atoms with Gasteiger partial charge in [0, 0.05) is 21.5 Å². The predicted molar refractivity (Wildman–Crippen MR) is 255 cm³/mol. The molecule has 280 valence electrons. The van der Waals surface area contributed by atoms with E-state index < -0.39 is 0 Å². The third-order valence-corrected chi connectivity index (χ3v) is 12.4. The highest BCUT2D eigenvalue weighted by Gasteiger charge is 2.19. The Morgan fingerprint density at radius 3 is 1.05 bits per heavy atom. The first-order valence-electron chi connectivity index (χ1n) is 20.4. The van der Waals surface area contributed by atoms with Gasteiger partial charge in [-0.05, 0) is 149 Å². The average Bonchev–Trinajstić information content (AvgIpc) is 3.88. The number of rotatable bonds is 6. The van der Waals surface area contributed by atoms with Gasteiger partial charge >= 0.3 is 0 Å². The third kappa shape index (κ3) is 5.35. The minimum atomic E-state index is 0.889. The summed E-state index contributed by atoms with van der Waals surface area (Å²) >= 11 is 0. The van der Waals surface area contributed by atoms with E-state index in [0.29, 0.717) is 0 Å². The molecule has 0 spiro atoms. The van der Waals surface area contributed by atoms with Gasteiger partial charge in [0.2, 0.25) is 0 Å². The molecule has 0 fully saturated rings. The smallest absolute Gasteiger partial charge is 0.135 e. The van der Waals surface area contributed by atoms with Crippen LogP contribution in [0.1, 0.15) is 11.1 Å². The first kappa shape index (κ1) is 34.1. The van der Waals surface area contributed by atoms with Crippen molar-refractivity contribution >= 4 is 88.3 Å². The number of furan rings is 2. The third-order valence-electron chi connectivity index (χ3n) is 12.4. The van der Waals surface area contributed by atoms with Gasteiger partial charge in [-0.3, -0.25) is 0 Å². The van der Waals surface area contributed by atoms with E-state index in [2.05, 4.69) is 171 Å². The Morgan fingerprint density at radius 1 is 0.267 bits per heavy atom. The van der Waals surface area contributed by atoms with Crippen molar-refractivity contribution < 1.29 is 8.83 Å². The minimum Gasteiger partial charge on any atom is -0.456 e. The molecule has 0 amide bonds. The van der Waals surface area contributed by atoms with Crippen LogP contribution in [0.25, 0.3) is 133 Å². The van der Waals surface area contributed by atoms with Crippen LogP contribution >= 0.6 is 0 Å². The summed E-state index contributed by atoms with van der Waals surface area (Å²) in [6.07, 6.45) is 3.78.